The molecule has 0 aliphatic carbocycles. The highest BCUT2D eigenvalue weighted by Crippen LogP contribution is 2.07. The van der Waals surface area contributed by atoms with E-state index in [1.807, 2.05) is 0 Å². The summed E-state index contributed by atoms with van der Waals surface area (Å²) in [4.78, 5) is 14.8. The number of nitrogens with zero attached hydrogens (tertiary/aromatic N) is 1. The molecule has 1 heterocycles. The molecule has 0 fully saturated rings. The molecule has 0 unspecified atom stereocenters. The molecular weight excluding hydrogens is 173 g/mol. The number of esters is 1. The predicted octanol–water partition coefficient (Wildman–Crippen LogP) is 1.71. The SMILES string of the molecule is CCOC(=O)c1ncc(F)cc1C. The minimum atomic E-state index is -0.514. The number of hydrogen-bond donors (Lipinski definition) is 0. The van der Waals surface area contributed by atoms with Crippen LogP contribution >= 0.6 is 0 Å². The molecule has 0 aliphatic rings. The molecule has 1 rings (SSSR count). The summed E-state index contributed by atoms with van der Waals surface area (Å²) < 4.78 is 17.3. The molecule has 3 nitrogen and oxygen atoms in total. The van der Waals surface area contributed by atoms with Crippen molar-refractivity contribution < 1.29 is 13.9 Å². The smallest absolute Gasteiger partial charge is 0.357 e. The maximum absolute atomic E-state index is 12.6. The van der Waals surface area contributed by atoms with Gasteiger partial charge in [-0.3, -0.25) is 0 Å². The molecule has 0 aliphatic heterocycles. The quantitative estimate of drug-likeness (QED) is 0.655. The molecule has 1 aromatic heterocycles. The molecular formula is C9H10FNO2. The number of aromatic nitrogens is 1. The van der Waals surface area contributed by atoms with E-state index in [1.165, 1.54) is 6.07 Å². The lowest BCUT2D eigenvalue weighted by Crippen LogP contribution is -2.09. The van der Waals surface area contributed by atoms with Gasteiger partial charge in [-0.1, -0.05) is 0 Å². The van der Waals surface area contributed by atoms with Gasteiger partial charge in [-0.05, 0) is 25.5 Å². The van der Waals surface area contributed by atoms with Gasteiger partial charge in [-0.25, -0.2) is 14.2 Å². The Bertz CT molecular complexity index is 325. The summed E-state index contributed by atoms with van der Waals surface area (Å²) in [7, 11) is 0. The lowest BCUT2D eigenvalue weighted by Gasteiger charge is -2.03. The number of halogens is 1. The third-order valence-electron chi connectivity index (χ3n) is 1.51. The van der Waals surface area contributed by atoms with Crippen molar-refractivity contribution in [1.29, 1.82) is 0 Å². The molecule has 1 aromatic rings. The summed E-state index contributed by atoms with van der Waals surface area (Å²) in [6.45, 7) is 3.61. The Hall–Kier alpha value is -1.45. The standard InChI is InChI=1S/C9H10FNO2/c1-3-13-9(12)8-6(2)4-7(10)5-11-8/h4-5H,3H2,1-2H3. The Morgan fingerprint density at radius 3 is 2.92 bits per heavy atom. The molecule has 0 saturated carbocycles. The first-order valence-electron chi connectivity index (χ1n) is 3.94. The van der Waals surface area contributed by atoms with Crippen molar-refractivity contribution in [3.05, 3.63) is 29.3 Å². The van der Waals surface area contributed by atoms with E-state index in [0.717, 1.165) is 6.20 Å². The molecule has 0 saturated heterocycles. The normalized spacial score (nSPS) is 9.77. The Labute approximate surface area is 75.6 Å². The second-order valence-electron chi connectivity index (χ2n) is 2.54. The molecule has 0 atom stereocenters. The zero-order valence-corrected chi connectivity index (χ0v) is 7.50. The predicted molar refractivity (Wildman–Crippen MR) is 44.9 cm³/mol. The summed E-state index contributed by atoms with van der Waals surface area (Å²) >= 11 is 0. The summed E-state index contributed by atoms with van der Waals surface area (Å²) in [6.07, 6.45) is 0.999. The van der Waals surface area contributed by atoms with Gasteiger partial charge in [-0.15, -0.1) is 0 Å². The van der Waals surface area contributed by atoms with Crippen molar-refractivity contribution in [3.63, 3.8) is 0 Å². The first-order valence-corrected chi connectivity index (χ1v) is 3.94. The molecule has 0 aromatic carbocycles. The van der Waals surface area contributed by atoms with Crippen LogP contribution in [0.15, 0.2) is 12.3 Å². The van der Waals surface area contributed by atoms with E-state index in [-0.39, 0.29) is 12.3 Å². The van der Waals surface area contributed by atoms with Crippen LogP contribution in [0.4, 0.5) is 4.39 Å². The second kappa shape index (κ2) is 3.98. The lowest BCUT2D eigenvalue weighted by atomic mass is 10.2. The van der Waals surface area contributed by atoms with Gasteiger partial charge in [0.2, 0.25) is 0 Å². The second-order valence-corrected chi connectivity index (χ2v) is 2.54. The number of ether oxygens (including phenoxy) is 1. The van der Waals surface area contributed by atoms with Crippen LogP contribution in [-0.4, -0.2) is 17.6 Å². The zero-order valence-electron chi connectivity index (χ0n) is 7.50. The highest BCUT2D eigenvalue weighted by molar-refractivity contribution is 5.88. The number of rotatable bonds is 2. The van der Waals surface area contributed by atoms with E-state index >= 15 is 0 Å². The van der Waals surface area contributed by atoms with Crippen LogP contribution in [0.3, 0.4) is 0 Å². The van der Waals surface area contributed by atoms with E-state index in [1.54, 1.807) is 13.8 Å². The van der Waals surface area contributed by atoms with Crippen molar-refractivity contribution in [3.8, 4) is 0 Å². The fourth-order valence-electron chi connectivity index (χ4n) is 0.954. The lowest BCUT2D eigenvalue weighted by molar-refractivity contribution is 0.0518. The number of carbonyl (C=O) groups excluding carboxylic acids is 1. The van der Waals surface area contributed by atoms with Gasteiger partial charge in [-0.2, -0.15) is 0 Å². The summed E-state index contributed by atoms with van der Waals surface area (Å²) in [5.74, 6) is -0.967. The van der Waals surface area contributed by atoms with E-state index in [0.29, 0.717) is 5.56 Å². The number of aryl methyl sites for hydroxylation is 1. The third kappa shape index (κ3) is 2.24. The van der Waals surface area contributed by atoms with Crippen LogP contribution in [-0.2, 0) is 4.74 Å². The van der Waals surface area contributed by atoms with Gasteiger partial charge in [0, 0.05) is 0 Å². The van der Waals surface area contributed by atoms with Gasteiger partial charge in [0.15, 0.2) is 5.69 Å². The van der Waals surface area contributed by atoms with Crippen LogP contribution in [0.5, 0.6) is 0 Å². The maximum Gasteiger partial charge on any atom is 0.357 e. The minimum Gasteiger partial charge on any atom is -0.461 e. The molecule has 70 valence electrons. The average Bonchev–Trinajstić information content (AvgIpc) is 2.04. The Morgan fingerprint density at radius 2 is 2.38 bits per heavy atom. The van der Waals surface area contributed by atoms with Gasteiger partial charge < -0.3 is 4.74 Å². The molecule has 0 amide bonds. The van der Waals surface area contributed by atoms with Crippen molar-refractivity contribution in [2.75, 3.05) is 6.61 Å². The van der Waals surface area contributed by atoms with E-state index in [9.17, 15) is 9.18 Å². The highest BCUT2D eigenvalue weighted by Gasteiger charge is 2.11. The van der Waals surface area contributed by atoms with Crippen molar-refractivity contribution in [2.24, 2.45) is 0 Å². The molecule has 0 N–H and O–H groups in total. The van der Waals surface area contributed by atoms with Gasteiger partial charge >= 0.3 is 5.97 Å². The molecule has 0 bridgehead atoms. The molecule has 0 radical (unpaired) electrons. The van der Waals surface area contributed by atoms with E-state index in [2.05, 4.69) is 4.98 Å². The first kappa shape index (κ1) is 9.64. The van der Waals surface area contributed by atoms with Crippen molar-refractivity contribution in [1.82, 2.24) is 4.98 Å². The van der Waals surface area contributed by atoms with Crippen molar-refractivity contribution in [2.45, 2.75) is 13.8 Å². The first-order chi connectivity index (χ1) is 6.15. The van der Waals surface area contributed by atoms with E-state index in [4.69, 9.17) is 4.74 Å². The highest BCUT2D eigenvalue weighted by atomic mass is 19.1. The fraction of sp³-hybridized carbons (Fsp3) is 0.333. The summed E-state index contributed by atoms with van der Waals surface area (Å²) in [6, 6.07) is 1.25. The van der Waals surface area contributed by atoms with Crippen LogP contribution in [0.25, 0.3) is 0 Å². The zero-order chi connectivity index (χ0) is 9.84. The van der Waals surface area contributed by atoms with Gasteiger partial charge in [0.25, 0.3) is 0 Å². The fourth-order valence-corrected chi connectivity index (χ4v) is 0.954. The van der Waals surface area contributed by atoms with Crippen LogP contribution in [0, 0.1) is 12.7 Å². The van der Waals surface area contributed by atoms with E-state index < -0.39 is 11.8 Å². The minimum absolute atomic E-state index is 0.170. The third-order valence-corrected chi connectivity index (χ3v) is 1.51. The summed E-state index contributed by atoms with van der Waals surface area (Å²) in [5, 5.41) is 0. The molecule has 4 heteroatoms. The monoisotopic (exact) mass is 183 g/mol. The van der Waals surface area contributed by atoms with Gasteiger partial charge in [0.1, 0.15) is 5.82 Å². The van der Waals surface area contributed by atoms with Gasteiger partial charge in [0.05, 0.1) is 12.8 Å². The number of pyridine rings is 1. The number of hydrogen-bond acceptors (Lipinski definition) is 3. The van der Waals surface area contributed by atoms with Crippen LogP contribution in [0.1, 0.15) is 23.0 Å². The van der Waals surface area contributed by atoms with Crippen LogP contribution in [0.2, 0.25) is 0 Å². The Balaban J connectivity index is 2.95. The average molecular weight is 183 g/mol. The Morgan fingerprint density at radius 1 is 1.69 bits per heavy atom. The topological polar surface area (TPSA) is 39.2 Å². The molecule has 0 spiro atoms. The number of carbonyl (C=O) groups is 1. The largest absolute Gasteiger partial charge is 0.461 e. The Kier molecular flexibility index (Phi) is 2.95. The van der Waals surface area contributed by atoms with Crippen LogP contribution < -0.4 is 0 Å². The summed E-state index contributed by atoms with van der Waals surface area (Å²) in [5.41, 5.74) is 0.654. The van der Waals surface area contributed by atoms with Crippen molar-refractivity contribution >= 4 is 5.97 Å². The molecule has 13 heavy (non-hydrogen) atoms. The maximum atomic E-state index is 12.6.